The molecule has 0 saturated carbocycles. The number of phenolic OH excluding ortho intramolecular Hbond substituents is 1. The van der Waals surface area contributed by atoms with Crippen LogP contribution < -0.4 is 5.73 Å². The third kappa shape index (κ3) is 3.57. The molecular formula is C15H16FNO. The molecule has 0 aliphatic heterocycles. The SMILES string of the molecule is NC(Cc1ccc(O)cc1)Cc1cccc(F)c1. The van der Waals surface area contributed by atoms with Gasteiger partial charge in [-0.1, -0.05) is 24.3 Å². The maximum atomic E-state index is 13.0. The second kappa shape index (κ2) is 5.65. The summed E-state index contributed by atoms with van der Waals surface area (Å²) in [7, 11) is 0. The maximum absolute atomic E-state index is 13.0. The maximum Gasteiger partial charge on any atom is 0.123 e. The number of hydrogen-bond acceptors (Lipinski definition) is 2. The van der Waals surface area contributed by atoms with Gasteiger partial charge in [-0.25, -0.2) is 4.39 Å². The van der Waals surface area contributed by atoms with Crippen LogP contribution >= 0.6 is 0 Å². The van der Waals surface area contributed by atoms with Crippen LogP contribution in [0.15, 0.2) is 48.5 Å². The minimum absolute atomic E-state index is 0.0589. The second-order valence-corrected chi connectivity index (χ2v) is 4.46. The van der Waals surface area contributed by atoms with Gasteiger partial charge in [0.15, 0.2) is 0 Å². The van der Waals surface area contributed by atoms with E-state index in [1.807, 2.05) is 18.2 Å². The van der Waals surface area contributed by atoms with E-state index in [0.29, 0.717) is 12.8 Å². The number of phenols is 1. The smallest absolute Gasteiger partial charge is 0.123 e. The summed E-state index contributed by atoms with van der Waals surface area (Å²) < 4.78 is 13.0. The summed E-state index contributed by atoms with van der Waals surface area (Å²) in [6.07, 6.45) is 1.34. The number of nitrogens with two attached hydrogens (primary N) is 1. The highest BCUT2D eigenvalue weighted by Crippen LogP contribution is 2.13. The molecule has 18 heavy (non-hydrogen) atoms. The van der Waals surface area contributed by atoms with E-state index in [0.717, 1.165) is 11.1 Å². The molecule has 1 unspecified atom stereocenters. The van der Waals surface area contributed by atoms with Crippen LogP contribution in [-0.2, 0) is 12.8 Å². The molecule has 3 heteroatoms. The minimum Gasteiger partial charge on any atom is -0.508 e. The van der Waals surface area contributed by atoms with E-state index in [1.54, 1.807) is 18.2 Å². The number of hydrogen-bond donors (Lipinski definition) is 2. The topological polar surface area (TPSA) is 46.2 Å². The first-order valence-corrected chi connectivity index (χ1v) is 5.91. The summed E-state index contributed by atoms with van der Waals surface area (Å²) in [6, 6.07) is 13.4. The monoisotopic (exact) mass is 245 g/mol. The average molecular weight is 245 g/mol. The van der Waals surface area contributed by atoms with Gasteiger partial charge in [0.05, 0.1) is 0 Å². The summed E-state index contributed by atoms with van der Waals surface area (Å²) >= 11 is 0. The molecule has 2 nitrogen and oxygen atoms in total. The van der Waals surface area contributed by atoms with E-state index in [2.05, 4.69) is 0 Å². The molecule has 0 aromatic heterocycles. The molecule has 94 valence electrons. The Morgan fingerprint density at radius 1 is 1.00 bits per heavy atom. The van der Waals surface area contributed by atoms with Crippen molar-refractivity contribution in [1.29, 1.82) is 0 Å². The van der Waals surface area contributed by atoms with Crippen LogP contribution in [-0.4, -0.2) is 11.1 Å². The lowest BCUT2D eigenvalue weighted by atomic mass is 10.00. The van der Waals surface area contributed by atoms with Gasteiger partial charge in [-0.3, -0.25) is 0 Å². The molecule has 0 aliphatic rings. The van der Waals surface area contributed by atoms with Crippen molar-refractivity contribution in [2.75, 3.05) is 0 Å². The number of rotatable bonds is 4. The first kappa shape index (κ1) is 12.6. The van der Waals surface area contributed by atoms with E-state index in [9.17, 15) is 9.50 Å². The Balaban J connectivity index is 1.96. The van der Waals surface area contributed by atoms with Crippen LogP contribution in [0, 0.1) is 5.82 Å². The fraction of sp³-hybridized carbons (Fsp3) is 0.200. The third-order valence-corrected chi connectivity index (χ3v) is 2.82. The van der Waals surface area contributed by atoms with Crippen LogP contribution in [0.25, 0.3) is 0 Å². The summed E-state index contributed by atoms with van der Waals surface area (Å²) in [5.74, 6) is 0.0155. The Labute approximate surface area is 106 Å². The summed E-state index contributed by atoms with van der Waals surface area (Å²) in [5, 5.41) is 9.18. The van der Waals surface area contributed by atoms with Crippen molar-refractivity contribution >= 4 is 0 Å². The molecule has 0 saturated heterocycles. The predicted octanol–water partition coefficient (Wildman–Crippen LogP) is 2.64. The van der Waals surface area contributed by atoms with Crippen molar-refractivity contribution in [3.63, 3.8) is 0 Å². The third-order valence-electron chi connectivity index (χ3n) is 2.82. The van der Waals surface area contributed by atoms with Crippen LogP contribution in [0.4, 0.5) is 4.39 Å². The predicted molar refractivity (Wildman–Crippen MR) is 69.9 cm³/mol. The highest BCUT2D eigenvalue weighted by molar-refractivity contribution is 5.27. The van der Waals surface area contributed by atoms with Crippen molar-refractivity contribution in [3.8, 4) is 5.75 Å². The zero-order valence-electron chi connectivity index (χ0n) is 10.0. The van der Waals surface area contributed by atoms with Crippen molar-refractivity contribution < 1.29 is 9.50 Å². The molecule has 2 aromatic carbocycles. The first-order valence-electron chi connectivity index (χ1n) is 5.91. The molecule has 0 bridgehead atoms. The Morgan fingerprint density at radius 3 is 2.33 bits per heavy atom. The van der Waals surface area contributed by atoms with Crippen molar-refractivity contribution in [1.82, 2.24) is 0 Å². The van der Waals surface area contributed by atoms with E-state index in [-0.39, 0.29) is 17.6 Å². The van der Waals surface area contributed by atoms with Gasteiger partial charge in [0.1, 0.15) is 11.6 Å². The highest BCUT2D eigenvalue weighted by Gasteiger charge is 2.06. The lowest BCUT2D eigenvalue weighted by Gasteiger charge is -2.12. The fourth-order valence-corrected chi connectivity index (χ4v) is 1.97. The van der Waals surface area contributed by atoms with Gasteiger partial charge >= 0.3 is 0 Å². The van der Waals surface area contributed by atoms with Gasteiger partial charge in [-0.2, -0.15) is 0 Å². The quantitative estimate of drug-likeness (QED) is 0.869. The molecule has 0 aliphatic carbocycles. The van der Waals surface area contributed by atoms with Crippen molar-refractivity contribution in [2.24, 2.45) is 5.73 Å². The first-order chi connectivity index (χ1) is 8.63. The van der Waals surface area contributed by atoms with Crippen LogP contribution in [0.5, 0.6) is 5.75 Å². The molecule has 3 N–H and O–H groups in total. The minimum atomic E-state index is -0.232. The molecule has 2 rings (SSSR count). The molecule has 0 radical (unpaired) electrons. The lowest BCUT2D eigenvalue weighted by Crippen LogP contribution is -2.25. The van der Waals surface area contributed by atoms with Gasteiger partial charge in [-0.15, -0.1) is 0 Å². The molecule has 0 amide bonds. The number of aromatic hydroxyl groups is 1. The molecule has 0 fully saturated rings. The van der Waals surface area contributed by atoms with Gasteiger partial charge in [0.2, 0.25) is 0 Å². The summed E-state index contributed by atoms with van der Waals surface area (Å²) in [5.41, 5.74) is 8.01. The molecule has 1 atom stereocenters. The van der Waals surface area contributed by atoms with Crippen molar-refractivity contribution in [3.05, 3.63) is 65.5 Å². The van der Waals surface area contributed by atoms with Crippen LogP contribution in [0.1, 0.15) is 11.1 Å². The van der Waals surface area contributed by atoms with Gasteiger partial charge < -0.3 is 10.8 Å². The fourth-order valence-electron chi connectivity index (χ4n) is 1.97. The normalized spacial score (nSPS) is 12.3. The zero-order valence-corrected chi connectivity index (χ0v) is 10.0. The Kier molecular flexibility index (Phi) is 3.95. The molecular weight excluding hydrogens is 229 g/mol. The van der Waals surface area contributed by atoms with Gasteiger partial charge in [0.25, 0.3) is 0 Å². The number of halogens is 1. The highest BCUT2D eigenvalue weighted by atomic mass is 19.1. The van der Waals surface area contributed by atoms with Crippen molar-refractivity contribution in [2.45, 2.75) is 18.9 Å². The molecule has 0 spiro atoms. The number of benzene rings is 2. The van der Waals surface area contributed by atoms with E-state index >= 15 is 0 Å². The lowest BCUT2D eigenvalue weighted by molar-refractivity contribution is 0.475. The largest absolute Gasteiger partial charge is 0.508 e. The van der Waals surface area contributed by atoms with Crippen LogP contribution in [0.2, 0.25) is 0 Å². The Bertz CT molecular complexity index is 510. The Hall–Kier alpha value is -1.87. The summed E-state index contributed by atoms with van der Waals surface area (Å²) in [6.45, 7) is 0. The van der Waals surface area contributed by atoms with Gasteiger partial charge in [0, 0.05) is 6.04 Å². The van der Waals surface area contributed by atoms with Crippen LogP contribution in [0.3, 0.4) is 0 Å². The molecule has 2 aromatic rings. The summed E-state index contributed by atoms with van der Waals surface area (Å²) in [4.78, 5) is 0. The second-order valence-electron chi connectivity index (χ2n) is 4.46. The van der Waals surface area contributed by atoms with E-state index < -0.39 is 0 Å². The Morgan fingerprint density at radius 2 is 1.67 bits per heavy atom. The van der Waals surface area contributed by atoms with E-state index in [4.69, 9.17) is 5.73 Å². The average Bonchev–Trinajstić information content (AvgIpc) is 2.32. The molecule has 0 heterocycles. The zero-order chi connectivity index (χ0) is 13.0. The van der Waals surface area contributed by atoms with Gasteiger partial charge in [-0.05, 0) is 48.2 Å². The standard InChI is InChI=1S/C15H16FNO/c16-13-3-1-2-12(8-13)10-14(17)9-11-4-6-15(18)7-5-11/h1-8,14,18H,9-10,17H2. The van der Waals surface area contributed by atoms with E-state index in [1.165, 1.54) is 12.1 Å².